The van der Waals surface area contributed by atoms with Gasteiger partial charge in [-0.2, -0.15) is 0 Å². The molecular weight excluding hydrogens is 262 g/mol. The molecule has 3 heteroatoms. The van der Waals surface area contributed by atoms with Gasteiger partial charge >= 0.3 is 5.63 Å². The smallest absolute Gasteiger partial charge is 0.345 e. The van der Waals surface area contributed by atoms with Crippen LogP contribution in [0.15, 0.2) is 68.8 Å². The summed E-state index contributed by atoms with van der Waals surface area (Å²) in [6.07, 6.45) is 0. The number of hydrogen-bond acceptors (Lipinski definition) is 3. The summed E-state index contributed by atoms with van der Waals surface area (Å²) in [6, 6.07) is 17.1. The Morgan fingerprint density at radius 1 is 1.05 bits per heavy atom. The van der Waals surface area contributed by atoms with E-state index in [0.29, 0.717) is 16.9 Å². The average Bonchev–Trinajstić information content (AvgIpc) is 2.49. The maximum absolute atomic E-state index is 12.1. The molecular formula is C18H15NO2. The summed E-state index contributed by atoms with van der Waals surface area (Å²) in [5, 5.41) is 0.895. The molecule has 3 aromatic rings. The minimum absolute atomic E-state index is 0.358. The third-order valence-electron chi connectivity index (χ3n) is 3.43. The standard InChI is InChI=1S/C18H15NO2/c1-12-7-3-5-9-16(12)19-13(2)15-11-14-8-4-6-10-17(14)21-18(15)20/h3-11H,1-2H3. The summed E-state index contributed by atoms with van der Waals surface area (Å²) in [5.41, 5.74) is 3.32. The zero-order valence-corrected chi connectivity index (χ0v) is 12.0. The monoisotopic (exact) mass is 277 g/mol. The molecule has 104 valence electrons. The first-order chi connectivity index (χ1) is 10.1. The predicted molar refractivity (Wildman–Crippen MR) is 85.5 cm³/mol. The number of nitrogens with zero attached hydrogens (tertiary/aromatic N) is 1. The molecule has 0 radical (unpaired) electrons. The fourth-order valence-electron chi connectivity index (χ4n) is 2.24. The Hall–Kier alpha value is -2.68. The van der Waals surface area contributed by atoms with E-state index in [1.54, 1.807) is 6.07 Å². The van der Waals surface area contributed by atoms with Crippen LogP contribution in [0, 0.1) is 6.92 Å². The van der Waals surface area contributed by atoms with Gasteiger partial charge in [0.15, 0.2) is 0 Å². The number of hydrogen-bond donors (Lipinski definition) is 0. The average molecular weight is 277 g/mol. The van der Waals surface area contributed by atoms with Crippen molar-refractivity contribution in [1.82, 2.24) is 0 Å². The number of benzene rings is 2. The lowest BCUT2D eigenvalue weighted by molar-refractivity contribution is 0.559. The Balaban J connectivity index is 2.13. The highest BCUT2D eigenvalue weighted by atomic mass is 16.4. The largest absolute Gasteiger partial charge is 0.422 e. The summed E-state index contributed by atoms with van der Waals surface area (Å²) >= 11 is 0. The van der Waals surface area contributed by atoms with Crippen molar-refractivity contribution in [2.45, 2.75) is 13.8 Å². The molecule has 0 saturated carbocycles. The quantitative estimate of drug-likeness (QED) is 0.519. The van der Waals surface area contributed by atoms with Crippen molar-refractivity contribution in [1.29, 1.82) is 0 Å². The Morgan fingerprint density at radius 3 is 2.57 bits per heavy atom. The Kier molecular flexibility index (Phi) is 3.40. The lowest BCUT2D eigenvalue weighted by atomic mass is 10.1. The van der Waals surface area contributed by atoms with Crippen molar-refractivity contribution >= 4 is 22.4 Å². The molecule has 0 N–H and O–H groups in total. The molecule has 0 atom stereocenters. The molecule has 0 amide bonds. The van der Waals surface area contributed by atoms with Gasteiger partial charge in [0.2, 0.25) is 0 Å². The first-order valence-electron chi connectivity index (χ1n) is 6.79. The van der Waals surface area contributed by atoms with Gasteiger partial charge in [-0.05, 0) is 37.6 Å². The minimum atomic E-state index is -0.358. The van der Waals surface area contributed by atoms with Gasteiger partial charge in [-0.25, -0.2) is 4.79 Å². The number of aryl methyl sites for hydroxylation is 1. The van der Waals surface area contributed by atoms with Gasteiger partial charge in [0, 0.05) is 5.39 Å². The van der Waals surface area contributed by atoms with Gasteiger partial charge in [-0.1, -0.05) is 36.4 Å². The van der Waals surface area contributed by atoms with Crippen LogP contribution in [-0.2, 0) is 0 Å². The molecule has 0 aliphatic carbocycles. The summed E-state index contributed by atoms with van der Waals surface area (Å²) in [5.74, 6) is 0. The van der Waals surface area contributed by atoms with Crippen LogP contribution in [0.25, 0.3) is 11.0 Å². The van der Waals surface area contributed by atoms with Crippen LogP contribution in [0.2, 0.25) is 0 Å². The van der Waals surface area contributed by atoms with Gasteiger partial charge in [-0.15, -0.1) is 0 Å². The highest BCUT2D eigenvalue weighted by Gasteiger charge is 2.08. The predicted octanol–water partition coefficient (Wildman–Crippen LogP) is 4.24. The van der Waals surface area contributed by atoms with Gasteiger partial charge in [-0.3, -0.25) is 4.99 Å². The van der Waals surface area contributed by atoms with Crippen molar-refractivity contribution in [3.63, 3.8) is 0 Å². The normalized spacial score (nSPS) is 11.8. The van der Waals surface area contributed by atoms with Crippen LogP contribution in [0.5, 0.6) is 0 Å². The van der Waals surface area contributed by atoms with Crippen LogP contribution >= 0.6 is 0 Å². The first-order valence-corrected chi connectivity index (χ1v) is 6.79. The number of rotatable bonds is 2. The molecule has 21 heavy (non-hydrogen) atoms. The van der Waals surface area contributed by atoms with E-state index >= 15 is 0 Å². The van der Waals surface area contributed by atoms with E-state index < -0.39 is 0 Å². The van der Waals surface area contributed by atoms with Crippen LogP contribution in [-0.4, -0.2) is 5.71 Å². The first kappa shape index (κ1) is 13.3. The number of para-hydroxylation sites is 2. The van der Waals surface area contributed by atoms with E-state index in [0.717, 1.165) is 16.6 Å². The molecule has 0 fully saturated rings. The van der Waals surface area contributed by atoms with Crippen molar-refractivity contribution < 1.29 is 4.42 Å². The van der Waals surface area contributed by atoms with E-state index in [9.17, 15) is 4.79 Å². The van der Waals surface area contributed by atoms with Crippen LogP contribution in [0.1, 0.15) is 18.1 Å². The van der Waals surface area contributed by atoms with Crippen molar-refractivity contribution in [3.05, 3.63) is 76.1 Å². The SMILES string of the molecule is CC(=Nc1ccccc1C)c1cc2ccccc2oc1=O. The maximum atomic E-state index is 12.1. The van der Waals surface area contributed by atoms with Gasteiger partial charge < -0.3 is 4.42 Å². The third-order valence-corrected chi connectivity index (χ3v) is 3.43. The van der Waals surface area contributed by atoms with Crippen LogP contribution in [0.4, 0.5) is 5.69 Å². The summed E-state index contributed by atoms with van der Waals surface area (Å²) < 4.78 is 5.35. The zero-order valence-electron chi connectivity index (χ0n) is 12.0. The maximum Gasteiger partial charge on any atom is 0.345 e. The molecule has 1 heterocycles. The topological polar surface area (TPSA) is 42.6 Å². The fraction of sp³-hybridized carbons (Fsp3) is 0.111. The van der Waals surface area contributed by atoms with Crippen LogP contribution in [0.3, 0.4) is 0 Å². The van der Waals surface area contributed by atoms with Gasteiger partial charge in [0.05, 0.1) is 17.0 Å². The summed E-state index contributed by atoms with van der Waals surface area (Å²) in [6.45, 7) is 3.82. The molecule has 0 spiro atoms. The molecule has 0 bridgehead atoms. The Labute approximate surface area is 122 Å². The molecule has 3 nitrogen and oxygen atoms in total. The van der Waals surface area contributed by atoms with E-state index in [4.69, 9.17) is 4.42 Å². The molecule has 2 aromatic carbocycles. The van der Waals surface area contributed by atoms with E-state index in [1.165, 1.54) is 0 Å². The van der Waals surface area contributed by atoms with E-state index in [2.05, 4.69) is 4.99 Å². The number of fused-ring (bicyclic) bond motifs is 1. The second kappa shape index (κ2) is 5.37. The lowest BCUT2D eigenvalue weighted by Crippen LogP contribution is -2.11. The van der Waals surface area contributed by atoms with Crippen molar-refractivity contribution in [2.75, 3.05) is 0 Å². The summed E-state index contributed by atoms with van der Waals surface area (Å²) in [7, 11) is 0. The Bertz CT molecular complexity index is 891. The molecule has 0 aliphatic heterocycles. The van der Waals surface area contributed by atoms with Crippen molar-refractivity contribution in [3.8, 4) is 0 Å². The molecule has 0 saturated heterocycles. The van der Waals surface area contributed by atoms with Crippen molar-refractivity contribution in [2.24, 2.45) is 4.99 Å². The second-order valence-corrected chi connectivity index (χ2v) is 4.97. The molecule has 1 aromatic heterocycles. The molecule has 3 rings (SSSR count). The van der Waals surface area contributed by atoms with Crippen LogP contribution < -0.4 is 5.63 Å². The molecule has 0 unspecified atom stereocenters. The second-order valence-electron chi connectivity index (χ2n) is 4.97. The number of aliphatic imine (C=N–C) groups is 1. The summed E-state index contributed by atoms with van der Waals surface area (Å²) in [4.78, 5) is 16.7. The molecule has 0 aliphatic rings. The zero-order chi connectivity index (χ0) is 14.8. The lowest BCUT2D eigenvalue weighted by Gasteiger charge is -2.04. The van der Waals surface area contributed by atoms with Gasteiger partial charge in [0.25, 0.3) is 0 Å². The third kappa shape index (κ3) is 2.63. The highest BCUT2D eigenvalue weighted by Crippen LogP contribution is 2.19. The van der Waals surface area contributed by atoms with Gasteiger partial charge in [0.1, 0.15) is 5.58 Å². The highest BCUT2D eigenvalue weighted by molar-refractivity contribution is 6.01. The fourth-order valence-corrected chi connectivity index (χ4v) is 2.24. The Morgan fingerprint density at radius 2 is 1.76 bits per heavy atom. The minimum Gasteiger partial charge on any atom is -0.422 e. The van der Waals surface area contributed by atoms with E-state index in [-0.39, 0.29) is 5.63 Å². The van der Waals surface area contributed by atoms with E-state index in [1.807, 2.05) is 62.4 Å².